The summed E-state index contributed by atoms with van der Waals surface area (Å²) in [5.41, 5.74) is 0. The van der Waals surface area contributed by atoms with E-state index in [-0.39, 0.29) is 0 Å². The molecule has 0 saturated heterocycles. The van der Waals surface area contributed by atoms with E-state index in [0.717, 1.165) is 0 Å². The highest BCUT2D eigenvalue weighted by molar-refractivity contribution is 6.24. The lowest BCUT2D eigenvalue weighted by Gasteiger charge is -2.19. The molecule has 0 aromatic heterocycles. The van der Waals surface area contributed by atoms with E-state index in [1.807, 2.05) is 0 Å². The van der Waals surface area contributed by atoms with E-state index >= 15 is 0 Å². The average molecular weight is 151 g/mol. The number of aliphatic carboxylic acids is 1. The number of rotatable bonds is 2. The highest BCUT2D eigenvalue weighted by Gasteiger charge is 2.28. The number of carboxylic acid groups (broad SMARTS) is 1. The van der Waals surface area contributed by atoms with Crippen molar-refractivity contribution < 1.29 is 9.90 Å². The minimum atomic E-state index is -0.852. The smallest absolute Gasteiger partial charge is 0.307 e. The molecule has 0 aromatic rings. The zero-order valence-corrected chi connectivity index (χ0v) is 6.57. The van der Waals surface area contributed by atoms with Crippen molar-refractivity contribution in [2.45, 2.75) is 25.6 Å². The number of hydrogen-bond donors (Lipinski definition) is 1. The van der Waals surface area contributed by atoms with E-state index < -0.39 is 16.8 Å². The molecule has 0 radical (unpaired) electrons. The Morgan fingerprint density at radius 1 is 1.67 bits per heavy atom. The Morgan fingerprint density at radius 3 is 2.00 bits per heavy atom. The molecular weight excluding hydrogens is 140 g/mol. The Morgan fingerprint density at radius 2 is 2.00 bits per heavy atom. The lowest BCUT2D eigenvalue weighted by Crippen LogP contribution is -2.28. The highest BCUT2D eigenvalue weighted by Crippen LogP contribution is 2.23. The number of carboxylic acids is 1. The summed E-state index contributed by atoms with van der Waals surface area (Å²) in [6.45, 7) is 4.97. The molecule has 0 unspecified atom stereocenters. The zero-order chi connectivity index (χ0) is 7.65. The fourth-order valence-corrected chi connectivity index (χ4v) is 0.387. The topological polar surface area (TPSA) is 37.3 Å². The van der Waals surface area contributed by atoms with Gasteiger partial charge < -0.3 is 5.11 Å². The van der Waals surface area contributed by atoms with E-state index in [1.165, 1.54) is 0 Å². The molecule has 3 heteroatoms. The maximum Gasteiger partial charge on any atom is 0.307 e. The maximum absolute atomic E-state index is 10.3. The highest BCUT2D eigenvalue weighted by atomic mass is 35.5. The van der Waals surface area contributed by atoms with Crippen molar-refractivity contribution >= 4 is 17.6 Å². The molecular formula is C6H11ClO2. The van der Waals surface area contributed by atoms with Crippen molar-refractivity contribution in [1.29, 1.82) is 0 Å². The summed E-state index contributed by atoms with van der Waals surface area (Å²) < 4.78 is 0. The van der Waals surface area contributed by atoms with Crippen LogP contribution in [-0.2, 0) is 4.79 Å². The van der Waals surface area contributed by atoms with Gasteiger partial charge in [0.2, 0.25) is 0 Å². The van der Waals surface area contributed by atoms with Crippen LogP contribution in [0, 0.1) is 5.92 Å². The van der Waals surface area contributed by atoms with E-state index in [9.17, 15) is 4.79 Å². The third-order valence-electron chi connectivity index (χ3n) is 1.40. The number of halogens is 1. The Balaban J connectivity index is 4.04. The summed E-state index contributed by atoms with van der Waals surface area (Å²) in [6, 6.07) is 0. The molecule has 1 N–H and O–H groups in total. The fourth-order valence-electron chi connectivity index (χ4n) is 0.294. The number of alkyl halides is 1. The van der Waals surface area contributed by atoms with Gasteiger partial charge in [-0.1, -0.05) is 6.92 Å². The molecule has 2 nitrogen and oxygen atoms in total. The largest absolute Gasteiger partial charge is 0.481 e. The molecule has 0 aliphatic carbocycles. The van der Waals surface area contributed by atoms with E-state index in [0.29, 0.717) is 0 Å². The maximum atomic E-state index is 10.3. The Bertz CT molecular complexity index is 115. The summed E-state index contributed by atoms with van der Waals surface area (Å²) in [5, 5.41) is 8.43. The average Bonchev–Trinajstić information content (AvgIpc) is 1.62. The monoisotopic (exact) mass is 150 g/mol. The molecule has 0 spiro atoms. The van der Waals surface area contributed by atoms with Gasteiger partial charge in [0.1, 0.15) is 0 Å². The van der Waals surface area contributed by atoms with Gasteiger partial charge in [0.25, 0.3) is 0 Å². The second-order valence-corrected chi connectivity index (χ2v) is 3.60. The molecule has 0 rings (SSSR count). The van der Waals surface area contributed by atoms with Gasteiger partial charge in [0.05, 0.1) is 10.8 Å². The molecule has 0 aromatic carbocycles. The van der Waals surface area contributed by atoms with Crippen LogP contribution in [0.1, 0.15) is 20.8 Å². The van der Waals surface area contributed by atoms with Crippen molar-refractivity contribution in [2.24, 2.45) is 5.92 Å². The van der Waals surface area contributed by atoms with Gasteiger partial charge in [0.15, 0.2) is 0 Å². The molecule has 0 saturated carbocycles. The fraction of sp³-hybridized carbons (Fsp3) is 0.833. The van der Waals surface area contributed by atoms with Crippen LogP contribution in [-0.4, -0.2) is 16.0 Å². The van der Waals surface area contributed by atoms with Crippen molar-refractivity contribution in [2.75, 3.05) is 0 Å². The van der Waals surface area contributed by atoms with Crippen molar-refractivity contribution in [1.82, 2.24) is 0 Å². The van der Waals surface area contributed by atoms with Gasteiger partial charge in [-0.15, -0.1) is 11.6 Å². The van der Waals surface area contributed by atoms with Gasteiger partial charge in [0, 0.05) is 0 Å². The van der Waals surface area contributed by atoms with Crippen molar-refractivity contribution in [3.05, 3.63) is 0 Å². The lowest BCUT2D eigenvalue weighted by molar-refractivity contribution is -0.141. The van der Waals surface area contributed by atoms with Crippen LogP contribution in [0.5, 0.6) is 0 Å². The van der Waals surface area contributed by atoms with Crippen molar-refractivity contribution in [3.63, 3.8) is 0 Å². The van der Waals surface area contributed by atoms with Crippen LogP contribution in [0.15, 0.2) is 0 Å². The van der Waals surface area contributed by atoms with Gasteiger partial charge >= 0.3 is 5.97 Å². The van der Waals surface area contributed by atoms with E-state index in [4.69, 9.17) is 16.7 Å². The zero-order valence-electron chi connectivity index (χ0n) is 5.81. The first-order chi connectivity index (χ1) is 3.85. The third-order valence-corrected chi connectivity index (χ3v) is 1.73. The molecule has 0 amide bonds. The number of carbonyl (C=O) groups is 1. The standard InChI is InChI=1S/C6H11ClO2/c1-4(5(8)9)6(2,3)7/h4H,1-3H3,(H,8,9)/t4-/m1/s1. The molecule has 1 atom stereocenters. The molecule has 54 valence electrons. The lowest BCUT2D eigenvalue weighted by atomic mass is 9.98. The molecule has 0 aliphatic rings. The van der Waals surface area contributed by atoms with E-state index in [2.05, 4.69) is 0 Å². The second-order valence-electron chi connectivity index (χ2n) is 2.62. The first kappa shape index (κ1) is 8.76. The van der Waals surface area contributed by atoms with Crippen LogP contribution < -0.4 is 0 Å². The summed E-state index contributed by atoms with van der Waals surface area (Å²) >= 11 is 5.70. The normalized spacial score (nSPS) is 15.1. The van der Waals surface area contributed by atoms with Crippen LogP contribution in [0.3, 0.4) is 0 Å². The van der Waals surface area contributed by atoms with Crippen LogP contribution in [0.25, 0.3) is 0 Å². The predicted molar refractivity (Wildman–Crippen MR) is 36.7 cm³/mol. The van der Waals surface area contributed by atoms with Gasteiger partial charge in [-0.3, -0.25) is 4.79 Å². The van der Waals surface area contributed by atoms with Crippen molar-refractivity contribution in [3.8, 4) is 0 Å². The first-order valence-electron chi connectivity index (χ1n) is 2.77. The van der Waals surface area contributed by atoms with Crippen LogP contribution in [0.2, 0.25) is 0 Å². The first-order valence-corrected chi connectivity index (χ1v) is 3.15. The molecule has 0 aliphatic heterocycles. The quantitative estimate of drug-likeness (QED) is 0.609. The van der Waals surface area contributed by atoms with Gasteiger partial charge in [-0.25, -0.2) is 0 Å². The molecule has 0 bridgehead atoms. The Kier molecular flexibility index (Phi) is 2.50. The second kappa shape index (κ2) is 2.56. The van der Waals surface area contributed by atoms with Crippen LogP contribution in [0.4, 0.5) is 0 Å². The minimum Gasteiger partial charge on any atom is -0.481 e. The number of hydrogen-bond acceptors (Lipinski definition) is 1. The predicted octanol–water partition coefficient (Wildman–Crippen LogP) is 1.72. The SMILES string of the molecule is C[C@H](C(=O)O)C(C)(C)Cl. The summed E-state index contributed by atoms with van der Waals surface area (Å²) in [4.78, 5) is 9.61. The van der Waals surface area contributed by atoms with E-state index in [1.54, 1.807) is 20.8 Å². The third kappa shape index (κ3) is 2.70. The molecule has 9 heavy (non-hydrogen) atoms. The van der Waals surface area contributed by atoms with Gasteiger partial charge in [-0.05, 0) is 13.8 Å². The summed E-state index contributed by atoms with van der Waals surface area (Å²) in [5.74, 6) is -1.35. The Labute approximate surface area is 59.8 Å². The summed E-state index contributed by atoms with van der Waals surface area (Å²) in [6.07, 6.45) is 0. The molecule has 0 fully saturated rings. The van der Waals surface area contributed by atoms with Gasteiger partial charge in [-0.2, -0.15) is 0 Å². The van der Waals surface area contributed by atoms with Crippen LogP contribution >= 0.6 is 11.6 Å². The minimum absolute atomic E-state index is 0.501. The molecule has 0 heterocycles. The Hall–Kier alpha value is -0.240. The summed E-state index contributed by atoms with van der Waals surface area (Å²) in [7, 11) is 0.